The summed E-state index contributed by atoms with van der Waals surface area (Å²) in [5, 5.41) is 3.30. The van der Waals surface area contributed by atoms with E-state index in [1.165, 1.54) is 0 Å². The maximum absolute atomic E-state index is 12.7. The van der Waals surface area contributed by atoms with E-state index >= 15 is 0 Å². The Morgan fingerprint density at radius 2 is 2.19 bits per heavy atom. The standard InChI is InChI=1S/C15H25N5O/c1-2-18-11-7-17-14(18)12-20-8-3-4-13(20)15(21)19-9-5-16-6-10-19/h7,11,13,16H,2-6,8-10,12H2,1H3. The first kappa shape index (κ1) is 14.5. The van der Waals surface area contributed by atoms with Crippen LogP contribution in [0, 0.1) is 0 Å². The fraction of sp³-hybridized carbons (Fsp3) is 0.733. The van der Waals surface area contributed by atoms with E-state index in [0.717, 1.165) is 64.5 Å². The van der Waals surface area contributed by atoms with Gasteiger partial charge in [-0.15, -0.1) is 0 Å². The van der Waals surface area contributed by atoms with Crippen molar-refractivity contribution < 1.29 is 4.79 Å². The third kappa shape index (κ3) is 3.11. The number of hydrogen-bond acceptors (Lipinski definition) is 4. The second-order valence-electron chi connectivity index (χ2n) is 5.83. The molecule has 1 unspecified atom stereocenters. The van der Waals surface area contributed by atoms with Crippen LogP contribution in [0.5, 0.6) is 0 Å². The Morgan fingerprint density at radius 3 is 2.95 bits per heavy atom. The zero-order chi connectivity index (χ0) is 14.7. The molecule has 1 aromatic heterocycles. The first-order chi connectivity index (χ1) is 10.3. The molecule has 3 rings (SSSR count). The van der Waals surface area contributed by atoms with Crippen LogP contribution in [-0.4, -0.2) is 64.0 Å². The third-order valence-electron chi connectivity index (χ3n) is 4.56. The molecule has 1 aromatic rings. The Morgan fingerprint density at radius 1 is 1.38 bits per heavy atom. The van der Waals surface area contributed by atoms with Gasteiger partial charge in [-0.3, -0.25) is 9.69 Å². The molecule has 1 amide bonds. The van der Waals surface area contributed by atoms with Gasteiger partial charge in [-0.1, -0.05) is 0 Å². The van der Waals surface area contributed by atoms with Gasteiger partial charge in [0, 0.05) is 45.1 Å². The summed E-state index contributed by atoms with van der Waals surface area (Å²) in [7, 11) is 0. The molecular weight excluding hydrogens is 266 g/mol. The SMILES string of the molecule is CCn1ccnc1CN1CCCC1C(=O)N1CCNCC1. The Bertz CT molecular complexity index is 480. The normalized spacial score (nSPS) is 23.7. The Balaban J connectivity index is 1.66. The molecule has 0 radical (unpaired) electrons. The van der Waals surface area contributed by atoms with Crippen LogP contribution in [-0.2, 0) is 17.9 Å². The molecule has 2 aliphatic heterocycles. The zero-order valence-corrected chi connectivity index (χ0v) is 12.8. The number of nitrogens with one attached hydrogen (secondary N) is 1. The fourth-order valence-corrected chi connectivity index (χ4v) is 3.35. The molecule has 2 aliphatic rings. The number of aromatic nitrogens is 2. The minimum absolute atomic E-state index is 0.0464. The smallest absolute Gasteiger partial charge is 0.240 e. The number of imidazole rings is 1. The van der Waals surface area contributed by atoms with Gasteiger partial charge in [-0.05, 0) is 26.3 Å². The molecule has 21 heavy (non-hydrogen) atoms. The lowest BCUT2D eigenvalue weighted by Crippen LogP contribution is -2.52. The van der Waals surface area contributed by atoms with Gasteiger partial charge < -0.3 is 14.8 Å². The van der Waals surface area contributed by atoms with Crippen molar-refractivity contribution in [1.29, 1.82) is 0 Å². The Hall–Kier alpha value is -1.40. The molecular formula is C15H25N5O. The van der Waals surface area contributed by atoms with Crippen LogP contribution in [0.25, 0.3) is 0 Å². The van der Waals surface area contributed by atoms with Crippen molar-refractivity contribution >= 4 is 5.91 Å². The van der Waals surface area contributed by atoms with Gasteiger partial charge in [0.15, 0.2) is 0 Å². The molecule has 0 bridgehead atoms. The van der Waals surface area contributed by atoms with E-state index in [-0.39, 0.29) is 6.04 Å². The highest BCUT2D eigenvalue weighted by atomic mass is 16.2. The second kappa shape index (κ2) is 6.58. The van der Waals surface area contributed by atoms with Crippen LogP contribution < -0.4 is 5.32 Å². The minimum Gasteiger partial charge on any atom is -0.339 e. The van der Waals surface area contributed by atoms with Gasteiger partial charge in [-0.2, -0.15) is 0 Å². The lowest BCUT2D eigenvalue weighted by atomic mass is 10.1. The van der Waals surface area contributed by atoms with Gasteiger partial charge in [0.05, 0.1) is 12.6 Å². The number of hydrogen-bond donors (Lipinski definition) is 1. The highest BCUT2D eigenvalue weighted by Gasteiger charge is 2.34. The molecule has 1 N–H and O–H groups in total. The van der Waals surface area contributed by atoms with Crippen molar-refractivity contribution in [3.8, 4) is 0 Å². The number of rotatable bonds is 4. The van der Waals surface area contributed by atoms with Crippen molar-refractivity contribution in [1.82, 2.24) is 24.7 Å². The molecule has 6 nitrogen and oxygen atoms in total. The van der Waals surface area contributed by atoms with E-state index in [9.17, 15) is 4.79 Å². The van der Waals surface area contributed by atoms with Crippen molar-refractivity contribution in [3.63, 3.8) is 0 Å². The number of carbonyl (C=O) groups excluding carboxylic acids is 1. The van der Waals surface area contributed by atoms with Gasteiger partial charge in [-0.25, -0.2) is 4.98 Å². The van der Waals surface area contributed by atoms with Gasteiger partial charge >= 0.3 is 0 Å². The van der Waals surface area contributed by atoms with Crippen molar-refractivity contribution in [2.24, 2.45) is 0 Å². The summed E-state index contributed by atoms with van der Waals surface area (Å²) in [6.45, 7) is 8.34. The molecule has 3 heterocycles. The van der Waals surface area contributed by atoms with Gasteiger partial charge in [0.25, 0.3) is 0 Å². The largest absolute Gasteiger partial charge is 0.339 e. The summed E-state index contributed by atoms with van der Waals surface area (Å²) in [6, 6.07) is 0.0464. The number of aryl methyl sites for hydroxylation is 1. The maximum Gasteiger partial charge on any atom is 0.240 e. The van der Waals surface area contributed by atoms with Gasteiger partial charge in [0.2, 0.25) is 5.91 Å². The van der Waals surface area contributed by atoms with Crippen molar-refractivity contribution in [3.05, 3.63) is 18.2 Å². The summed E-state index contributed by atoms with van der Waals surface area (Å²) in [5.41, 5.74) is 0. The quantitative estimate of drug-likeness (QED) is 0.867. The summed E-state index contributed by atoms with van der Waals surface area (Å²) < 4.78 is 2.16. The molecule has 2 fully saturated rings. The average molecular weight is 291 g/mol. The maximum atomic E-state index is 12.7. The van der Waals surface area contributed by atoms with Crippen LogP contribution in [0.1, 0.15) is 25.6 Å². The lowest BCUT2D eigenvalue weighted by Gasteiger charge is -2.32. The van der Waals surface area contributed by atoms with Crippen LogP contribution in [0.4, 0.5) is 0 Å². The molecule has 6 heteroatoms. The van der Waals surface area contributed by atoms with Gasteiger partial charge in [0.1, 0.15) is 5.82 Å². The van der Waals surface area contributed by atoms with E-state index in [4.69, 9.17) is 0 Å². The predicted molar refractivity (Wildman–Crippen MR) is 80.8 cm³/mol. The van der Waals surface area contributed by atoms with E-state index in [1.54, 1.807) is 0 Å². The van der Waals surface area contributed by atoms with Crippen LogP contribution in [0.15, 0.2) is 12.4 Å². The lowest BCUT2D eigenvalue weighted by molar-refractivity contribution is -0.136. The number of amides is 1. The monoisotopic (exact) mass is 291 g/mol. The minimum atomic E-state index is 0.0464. The molecule has 116 valence electrons. The number of likely N-dealkylation sites (tertiary alicyclic amines) is 1. The summed E-state index contributed by atoms with van der Waals surface area (Å²) in [6.07, 6.45) is 5.95. The van der Waals surface area contributed by atoms with Crippen LogP contribution in [0.2, 0.25) is 0 Å². The van der Waals surface area contributed by atoms with Crippen molar-refractivity contribution in [2.75, 3.05) is 32.7 Å². The van der Waals surface area contributed by atoms with E-state index < -0.39 is 0 Å². The van der Waals surface area contributed by atoms with Crippen LogP contribution in [0.3, 0.4) is 0 Å². The Labute approximate surface area is 126 Å². The van der Waals surface area contributed by atoms with Crippen LogP contribution >= 0.6 is 0 Å². The topological polar surface area (TPSA) is 53.4 Å². The molecule has 2 saturated heterocycles. The number of piperazine rings is 1. The summed E-state index contributed by atoms with van der Waals surface area (Å²) in [5.74, 6) is 1.38. The number of nitrogens with zero attached hydrogens (tertiary/aromatic N) is 4. The van der Waals surface area contributed by atoms with Crippen molar-refractivity contribution in [2.45, 2.75) is 38.9 Å². The average Bonchev–Trinajstić information content (AvgIpc) is 3.17. The second-order valence-corrected chi connectivity index (χ2v) is 5.83. The molecule has 0 spiro atoms. The first-order valence-electron chi connectivity index (χ1n) is 8.03. The molecule has 1 atom stereocenters. The van der Waals surface area contributed by atoms with E-state index in [0.29, 0.717) is 5.91 Å². The zero-order valence-electron chi connectivity index (χ0n) is 12.8. The number of carbonyl (C=O) groups is 1. The molecule has 0 aromatic carbocycles. The summed E-state index contributed by atoms with van der Waals surface area (Å²) >= 11 is 0. The predicted octanol–water partition coefficient (Wildman–Crippen LogP) is 0.299. The third-order valence-corrected chi connectivity index (χ3v) is 4.56. The Kier molecular flexibility index (Phi) is 4.55. The van der Waals surface area contributed by atoms with E-state index in [1.807, 2.05) is 17.3 Å². The highest BCUT2D eigenvalue weighted by molar-refractivity contribution is 5.82. The summed E-state index contributed by atoms with van der Waals surface area (Å²) in [4.78, 5) is 21.5. The van der Waals surface area contributed by atoms with E-state index in [2.05, 4.69) is 26.7 Å². The first-order valence-corrected chi connectivity index (χ1v) is 8.03. The molecule has 0 saturated carbocycles. The molecule has 0 aliphatic carbocycles. The highest BCUT2D eigenvalue weighted by Crippen LogP contribution is 2.21. The fourth-order valence-electron chi connectivity index (χ4n) is 3.35.